The molecule has 2 N–H and O–H groups in total. The first kappa shape index (κ1) is 15.0. The van der Waals surface area contributed by atoms with Crippen molar-refractivity contribution in [3.63, 3.8) is 0 Å². The largest absolute Gasteiger partial charge is 0.508 e. The van der Waals surface area contributed by atoms with Crippen LogP contribution in [0.1, 0.15) is 37.7 Å². The van der Waals surface area contributed by atoms with Gasteiger partial charge in [-0.15, -0.1) is 0 Å². The van der Waals surface area contributed by atoms with Gasteiger partial charge in [-0.3, -0.25) is 4.79 Å². The number of benzene rings is 1. The second-order valence-corrected chi connectivity index (χ2v) is 7.35. The summed E-state index contributed by atoms with van der Waals surface area (Å²) in [6, 6.07) is 7.25. The number of amides is 1. The molecule has 2 saturated carbocycles. The summed E-state index contributed by atoms with van der Waals surface area (Å²) in [7, 11) is 0. The Bertz CT molecular complexity index is 577. The third kappa shape index (κ3) is 2.85. The van der Waals surface area contributed by atoms with Crippen molar-refractivity contribution in [2.75, 3.05) is 6.61 Å². The zero-order valence-corrected chi connectivity index (χ0v) is 13.4. The second kappa shape index (κ2) is 6.16. The number of ether oxygens (including phenoxy) is 1. The van der Waals surface area contributed by atoms with Crippen molar-refractivity contribution in [2.45, 2.75) is 50.7 Å². The molecule has 0 bridgehead atoms. The van der Waals surface area contributed by atoms with Crippen molar-refractivity contribution >= 4 is 5.91 Å². The number of rotatable bonds is 4. The van der Waals surface area contributed by atoms with Gasteiger partial charge < -0.3 is 15.2 Å². The Hall–Kier alpha value is -1.55. The molecule has 1 saturated heterocycles. The van der Waals surface area contributed by atoms with Gasteiger partial charge in [-0.1, -0.05) is 37.8 Å². The van der Waals surface area contributed by atoms with Gasteiger partial charge in [-0.05, 0) is 30.0 Å². The van der Waals surface area contributed by atoms with Gasteiger partial charge in [0.05, 0.1) is 12.5 Å². The van der Waals surface area contributed by atoms with Gasteiger partial charge in [0.2, 0.25) is 5.91 Å². The molecule has 0 aromatic heterocycles. The number of phenolic OH excluding ortho intramolecular Hbond substituents is 1. The molecule has 0 unspecified atom stereocenters. The fourth-order valence-electron chi connectivity index (χ4n) is 4.95. The van der Waals surface area contributed by atoms with E-state index < -0.39 is 0 Å². The number of hydrogen-bond donors (Lipinski definition) is 2. The molecule has 124 valence electrons. The Morgan fingerprint density at radius 3 is 2.87 bits per heavy atom. The summed E-state index contributed by atoms with van der Waals surface area (Å²) < 4.78 is 5.94. The fraction of sp³-hybridized carbons (Fsp3) is 0.632. The smallest absolute Gasteiger partial charge is 0.224 e. The van der Waals surface area contributed by atoms with E-state index in [1.807, 2.05) is 6.07 Å². The van der Waals surface area contributed by atoms with Gasteiger partial charge >= 0.3 is 0 Å². The van der Waals surface area contributed by atoms with Crippen LogP contribution in [0.2, 0.25) is 0 Å². The van der Waals surface area contributed by atoms with Crippen LogP contribution in [0.4, 0.5) is 0 Å². The van der Waals surface area contributed by atoms with Crippen molar-refractivity contribution in [1.29, 1.82) is 0 Å². The van der Waals surface area contributed by atoms with Crippen molar-refractivity contribution in [3.8, 4) is 5.75 Å². The van der Waals surface area contributed by atoms with E-state index in [1.165, 1.54) is 25.7 Å². The molecule has 1 amide bonds. The summed E-state index contributed by atoms with van der Waals surface area (Å²) in [5.74, 6) is 2.02. The van der Waals surface area contributed by atoms with Crippen molar-refractivity contribution < 1.29 is 14.6 Å². The van der Waals surface area contributed by atoms with E-state index in [1.54, 1.807) is 18.2 Å². The summed E-state index contributed by atoms with van der Waals surface area (Å²) >= 11 is 0. The Balaban J connectivity index is 1.41. The predicted molar refractivity (Wildman–Crippen MR) is 87.0 cm³/mol. The normalized spacial score (nSPS) is 33.2. The maximum atomic E-state index is 12.4. The van der Waals surface area contributed by atoms with Gasteiger partial charge in [0.15, 0.2) is 0 Å². The summed E-state index contributed by atoms with van der Waals surface area (Å²) in [6.07, 6.45) is 7.01. The third-order valence-electron chi connectivity index (χ3n) is 5.99. The van der Waals surface area contributed by atoms with E-state index in [4.69, 9.17) is 4.74 Å². The molecule has 0 radical (unpaired) electrons. The Kier molecular flexibility index (Phi) is 4.02. The second-order valence-electron chi connectivity index (χ2n) is 7.35. The number of nitrogens with one attached hydrogen (secondary N) is 1. The molecule has 4 atom stereocenters. The summed E-state index contributed by atoms with van der Waals surface area (Å²) in [5, 5.41) is 12.8. The number of hydrogen-bond acceptors (Lipinski definition) is 3. The van der Waals surface area contributed by atoms with Crippen LogP contribution in [0.15, 0.2) is 24.3 Å². The highest BCUT2D eigenvalue weighted by Gasteiger charge is 2.56. The molecule has 3 aliphatic rings. The maximum absolute atomic E-state index is 12.4. The average Bonchev–Trinajstić information content (AvgIpc) is 3.16. The van der Waals surface area contributed by atoms with E-state index >= 15 is 0 Å². The highest BCUT2D eigenvalue weighted by atomic mass is 16.5. The highest BCUT2D eigenvalue weighted by molar-refractivity contribution is 5.79. The molecule has 4 nitrogen and oxygen atoms in total. The minimum Gasteiger partial charge on any atom is -0.508 e. The highest BCUT2D eigenvalue weighted by Crippen LogP contribution is 2.51. The zero-order valence-electron chi connectivity index (χ0n) is 13.4. The predicted octanol–water partition coefficient (Wildman–Crippen LogP) is 2.64. The van der Waals surface area contributed by atoms with Crippen molar-refractivity contribution in [1.82, 2.24) is 5.32 Å². The third-order valence-corrected chi connectivity index (χ3v) is 5.99. The zero-order chi connectivity index (χ0) is 15.8. The fourth-order valence-corrected chi connectivity index (χ4v) is 4.95. The molecule has 1 aromatic carbocycles. The van der Waals surface area contributed by atoms with Crippen LogP contribution in [0.3, 0.4) is 0 Å². The van der Waals surface area contributed by atoms with Crippen LogP contribution in [0.25, 0.3) is 0 Å². The van der Waals surface area contributed by atoms with Crippen LogP contribution < -0.4 is 5.32 Å². The number of aromatic hydroxyl groups is 1. The minimum atomic E-state index is 0.0638. The number of carbonyl (C=O) groups excluding carboxylic acids is 1. The monoisotopic (exact) mass is 315 g/mol. The summed E-state index contributed by atoms with van der Waals surface area (Å²) in [5.41, 5.74) is 0.860. The van der Waals surface area contributed by atoms with Crippen molar-refractivity contribution in [2.24, 2.45) is 17.8 Å². The lowest BCUT2D eigenvalue weighted by atomic mass is 9.61. The average molecular weight is 315 g/mol. The lowest BCUT2D eigenvalue weighted by molar-refractivity contribution is -0.129. The molecule has 4 heteroatoms. The van der Waals surface area contributed by atoms with E-state index in [-0.39, 0.29) is 17.7 Å². The Labute approximate surface area is 137 Å². The first-order chi connectivity index (χ1) is 11.2. The standard InChI is InChI=1S/C19H25NO3/c21-14-7-3-4-12(10-14)11-16(22)20-18-15-8-9-23-19(15)17(18)13-5-1-2-6-13/h3-4,7,10,13,15,17-19,21H,1-2,5-6,8-9,11H2,(H,20,22)/t15-,17+,18+,19-/m1/s1. The molecule has 0 spiro atoms. The van der Waals surface area contributed by atoms with Crippen molar-refractivity contribution in [3.05, 3.63) is 29.8 Å². The van der Waals surface area contributed by atoms with E-state index in [9.17, 15) is 9.90 Å². The molecule has 23 heavy (non-hydrogen) atoms. The molecule has 1 heterocycles. The Morgan fingerprint density at radius 2 is 2.09 bits per heavy atom. The quantitative estimate of drug-likeness (QED) is 0.898. The molecule has 1 aromatic rings. The van der Waals surface area contributed by atoms with E-state index in [0.29, 0.717) is 24.4 Å². The van der Waals surface area contributed by atoms with Crippen LogP contribution in [0, 0.1) is 17.8 Å². The first-order valence-corrected chi connectivity index (χ1v) is 8.91. The number of phenols is 1. The van der Waals surface area contributed by atoms with E-state index in [2.05, 4.69) is 5.32 Å². The number of carbonyl (C=O) groups is 1. The van der Waals surface area contributed by atoms with Crippen LogP contribution in [0.5, 0.6) is 5.75 Å². The van der Waals surface area contributed by atoms with Crippen LogP contribution >= 0.6 is 0 Å². The Morgan fingerprint density at radius 1 is 1.26 bits per heavy atom. The number of fused-ring (bicyclic) bond motifs is 1. The van der Waals surface area contributed by atoms with Crippen LogP contribution in [-0.4, -0.2) is 29.8 Å². The SMILES string of the molecule is O=C(Cc1cccc(O)c1)N[C@H]1[C@H]2CCO[C@H]2[C@H]1C1CCCC1. The molecule has 3 fully saturated rings. The lowest BCUT2D eigenvalue weighted by Crippen LogP contribution is -2.63. The molecular formula is C19H25NO3. The van der Waals surface area contributed by atoms with Gasteiger partial charge in [0, 0.05) is 24.5 Å². The first-order valence-electron chi connectivity index (χ1n) is 8.91. The summed E-state index contributed by atoms with van der Waals surface area (Å²) in [4.78, 5) is 12.4. The molecule has 1 aliphatic heterocycles. The van der Waals surface area contributed by atoms with Gasteiger partial charge in [0.1, 0.15) is 5.75 Å². The minimum absolute atomic E-state index is 0.0638. The molecule has 4 rings (SSSR count). The lowest BCUT2D eigenvalue weighted by Gasteiger charge is -2.50. The van der Waals surface area contributed by atoms with Gasteiger partial charge in [-0.2, -0.15) is 0 Å². The van der Waals surface area contributed by atoms with Crippen LogP contribution in [-0.2, 0) is 16.0 Å². The van der Waals surface area contributed by atoms with Gasteiger partial charge in [-0.25, -0.2) is 0 Å². The maximum Gasteiger partial charge on any atom is 0.224 e. The van der Waals surface area contributed by atoms with Gasteiger partial charge in [0.25, 0.3) is 0 Å². The molecular weight excluding hydrogens is 290 g/mol. The topological polar surface area (TPSA) is 58.6 Å². The summed E-state index contributed by atoms with van der Waals surface area (Å²) in [6.45, 7) is 0.845. The molecule has 2 aliphatic carbocycles. The van der Waals surface area contributed by atoms with E-state index in [0.717, 1.165) is 24.5 Å².